The fourth-order valence-electron chi connectivity index (χ4n) is 2.19. The topological polar surface area (TPSA) is 85.3 Å². The third kappa shape index (κ3) is 2.15. The Labute approximate surface area is 123 Å². The van der Waals surface area contributed by atoms with E-state index < -0.39 is 5.97 Å². The molecule has 0 atom stereocenters. The van der Waals surface area contributed by atoms with Crippen LogP contribution in [0.15, 0.2) is 27.9 Å². The average molecular weight is 304 g/mol. The highest BCUT2D eigenvalue weighted by molar-refractivity contribution is 7.18. The molecule has 3 heterocycles. The van der Waals surface area contributed by atoms with Gasteiger partial charge in [0.25, 0.3) is 5.56 Å². The molecular formula is C14H12N2O4S. The van der Waals surface area contributed by atoms with Crippen molar-refractivity contribution in [2.24, 2.45) is 0 Å². The quantitative estimate of drug-likeness (QED) is 0.803. The monoisotopic (exact) mass is 304 g/mol. The number of aromatic nitrogens is 2. The lowest BCUT2D eigenvalue weighted by molar-refractivity contribution is 0.0694. The lowest BCUT2D eigenvalue weighted by Gasteiger charge is -2.04. The Kier molecular flexibility index (Phi) is 3.13. The molecule has 0 aliphatic carbocycles. The molecule has 7 heteroatoms. The van der Waals surface area contributed by atoms with E-state index in [-0.39, 0.29) is 23.4 Å². The van der Waals surface area contributed by atoms with E-state index in [4.69, 9.17) is 9.52 Å². The van der Waals surface area contributed by atoms with Crippen molar-refractivity contribution in [3.63, 3.8) is 0 Å². The molecule has 0 saturated carbocycles. The average Bonchev–Trinajstić information content (AvgIpc) is 2.99. The summed E-state index contributed by atoms with van der Waals surface area (Å²) >= 11 is 1.48. The van der Waals surface area contributed by atoms with Crippen LogP contribution in [0.2, 0.25) is 0 Å². The minimum atomic E-state index is -1.08. The second-order valence-corrected chi connectivity index (χ2v) is 5.91. The fourth-order valence-corrected chi connectivity index (χ4v) is 3.18. The molecule has 0 spiro atoms. The van der Waals surface area contributed by atoms with Gasteiger partial charge in [-0.1, -0.05) is 0 Å². The first-order valence-electron chi connectivity index (χ1n) is 6.24. The highest BCUT2D eigenvalue weighted by Gasteiger charge is 2.16. The van der Waals surface area contributed by atoms with Crippen LogP contribution in [-0.2, 0) is 6.54 Å². The number of furan rings is 1. The van der Waals surface area contributed by atoms with Gasteiger partial charge in [0.15, 0.2) is 0 Å². The first-order chi connectivity index (χ1) is 9.99. The van der Waals surface area contributed by atoms with E-state index in [1.54, 1.807) is 0 Å². The van der Waals surface area contributed by atoms with Gasteiger partial charge in [-0.05, 0) is 25.5 Å². The van der Waals surface area contributed by atoms with Crippen LogP contribution in [0.5, 0.6) is 0 Å². The van der Waals surface area contributed by atoms with Crippen LogP contribution in [0, 0.1) is 13.8 Å². The molecule has 0 aromatic carbocycles. The van der Waals surface area contributed by atoms with Crippen LogP contribution in [-0.4, -0.2) is 20.6 Å². The van der Waals surface area contributed by atoms with Crippen molar-refractivity contribution in [3.8, 4) is 0 Å². The third-order valence-electron chi connectivity index (χ3n) is 3.45. The van der Waals surface area contributed by atoms with Crippen molar-refractivity contribution in [3.05, 3.63) is 50.8 Å². The Morgan fingerprint density at radius 3 is 2.95 bits per heavy atom. The van der Waals surface area contributed by atoms with Gasteiger partial charge < -0.3 is 9.52 Å². The van der Waals surface area contributed by atoms with Gasteiger partial charge in [-0.3, -0.25) is 9.36 Å². The molecule has 0 aliphatic rings. The van der Waals surface area contributed by atoms with Gasteiger partial charge in [0.2, 0.25) is 0 Å². The minimum Gasteiger partial charge on any atom is -0.478 e. The number of aryl methyl sites for hydroxylation is 2. The Morgan fingerprint density at radius 1 is 1.48 bits per heavy atom. The van der Waals surface area contributed by atoms with Crippen LogP contribution in [0.25, 0.3) is 10.2 Å². The molecule has 1 N–H and O–H groups in total. The molecule has 0 aliphatic heterocycles. The number of carboxylic acids is 1. The Bertz CT molecular complexity index is 903. The summed E-state index contributed by atoms with van der Waals surface area (Å²) in [6, 6.07) is 1.37. The lowest BCUT2D eigenvalue weighted by atomic mass is 10.2. The van der Waals surface area contributed by atoms with Crippen molar-refractivity contribution in [1.82, 2.24) is 9.55 Å². The van der Waals surface area contributed by atoms with Crippen molar-refractivity contribution in [2.45, 2.75) is 20.4 Å². The van der Waals surface area contributed by atoms with E-state index in [9.17, 15) is 9.59 Å². The first-order valence-corrected chi connectivity index (χ1v) is 7.05. The normalized spacial score (nSPS) is 11.1. The van der Waals surface area contributed by atoms with Crippen LogP contribution in [0.1, 0.15) is 26.6 Å². The summed E-state index contributed by atoms with van der Waals surface area (Å²) in [4.78, 5) is 29.6. The van der Waals surface area contributed by atoms with E-state index in [1.807, 2.05) is 13.8 Å². The summed E-state index contributed by atoms with van der Waals surface area (Å²) in [6.45, 7) is 3.88. The van der Waals surface area contributed by atoms with E-state index in [0.717, 1.165) is 10.4 Å². The number of thiophene rings is 1. The SMILES string of the molecule is Cc1sc2ncn(Cc3occc3C(=O)O)c(=O)c2c1C. The van der Waals surface area contributed by atoms with E-state index >= 15 is 0 Å². The summed E-state index contributed by atoms with van der Waals surface area (Å²) in [5.74, 6) is -0.848. The predicted octanol–water partition coefficient (Wildman–Crippen LogP) is 2.41. The fraction of sp³-hybridized carbons (Fsp3) is 0.214. The Balaban J connectivity index is 2.11. The Hall–Kier alpha value is -2.41. The van der Waals surface area contributed by atoms with E-state index in [0.29, 0.717) is 10.2 Å². The highest BCUT2D eigenvalue weighted by Crippen LogP contribution is 2.25. The highest BCUT2D eigenvalue weighted by atomic mass is 32.1. The summed E-state index contributed by atoms with van der Waals surface area (Å²) < 4.78 is 6.53. The van der Waals surface area contributed by atoms with Crippen molar-refractivity contribution in [1.29, 1.82) is 0 Å². The van der Waals surface area contributed by atoms with Gasteiger partial charge >= 0.3 is 5.97 Å². The second kappa shape index (κ2) is 4.85. The number of carboxylic acid groups (broad SMARTS) is 1. The zero-order valence-electron chi connectivity index (χ0n) is 11.4. The van der Waals surface area contributed by atoms with Crippen LogP contribution in [0.4, 0.5) is 0 Å². The van der Waals surface area contributed by atoms with Crippen molar-refractivity contribution >= 4 is 27.5 Å². The second-order valence-electron chi connectivity index (χ2n) is 4.70. The van der Waals surface area contributed by atoms with Gasteiger partial charge in [0.05, 0.1) is 24.5 Å². The minimum absolute atomic E-state index is 0.0464. The van der Waals surface area contributed by atoms with E-state index in [1.165, 1.54) is 34.6 Å². The molecule has 0 saturated heterocycles. The lowest BCUT2D eigenvalue weighted by Crippen LogP contribution is -2.21. The Morgan fingerprint density at radius 2 is 2.24 bits per heavy atom. The summed E-state index contributed by atoms with van der Waals surface area (Å²) in [5, 5.41) is 9.65. The molecule has 3 rings (SSSR count). The predicted molar refractivity (Wildman–Crippen MR) is 78.1 cm³/mol. The van der Waals surface area contributed by atoms with Crippen LogP contribution < -0.4 is 5.56 Å². The zero-order valence-corrected chi connectivity index (χ0v) is 12.2. The molecule has 3 aromatic rings. The molecule has 0 bridgehead atoms. The molecule has 21 heavy (non-hydrogen) atoms. The summed E-state index contributed by atoms with van der Waals surface area (Å²) in [6.07, 6.45) is 2.73. The zero-order chi connectivity index (χ0) is 15.1. The summed E-state index contributed by atoms with van der Waals surface area (Å²) in [5.41, 5.74) is 0.787. The van der Waals surface area contributed by atoms with Crippen LogP contribution in [0.3, 0.4) is 0 Å². The largest absolute Gasteiger partial charge is 0.478 e. The molecule has 6 nitrogen and oxygen atoms in total. The molecule has 108 valence electrons. The smallest absolute Gasteiger partial charge is 0.339 e. The van der Waals surface area contributed by atoms with Gasteiger partial charge in [-0.2, -0.15) is 0 Å². The molecular weight excluding hydrogens is 292 g/mol. The van der Waals surface area contributed by atoms with Gasteiger partial charge in [0, 0.05) is 4.88 Å². The first kappa shape index (κ1) is 13.6. The number of nitrogens with zero attached hydrogens (tertiary/aromatic N) is 2. The van der Waals surface area contributed by atoms with E-state index in [2.05, 4.69) is 4.98 Å². The number of fused-ring (bicyclic) bond motifs is 1. The number of aromatic carboxylic acids is 1. The molecule has 0 fully saturated rings. The molecule has 0 radical (unpaired) electrons. The maximum atomic E-state index is 12.5. The van der Waals surface area contributed by atoms with Gasteiger partial charge in [0.1, 0.15) is 16.2 Å². The van der Waals surface area contributed by atoms with Crippen molar-refractivity contribution in [2.75, 3.05) is 0 Å². The number of hydrogen-bond acceptors (Lipinski definition) is 5. The van der Waals surface area contributed by atoms with Crippen LogP contribution >= 0.6 is 11.3 Å². The van der Waals surface area contributed by atoms with Crippen molar-refractivity contribution < 1.29 is 14.3 Å². The van der Waals surface area contributed by atoms with Gasteiger partial charge in [-0.15, -0.1) is 11.3 Å². The summed E-state index contributed by atoms with van der Waals surface area (Å²) in [7, 11) is 0. The standard InChI is InChI=1S/C14H12N2O4S/c1-7-8(2)21-12-11(7)13(17)16(6-15-12)5-10-9(14(18)19)3-4-20-10/h3-4,6H,5H2,1-2H3,(H,18,19). The number of rotatable bonds is 3. The molecule has 0 unspecified atom stereocenters. The number of hydrogen-bond donors (Lipinski definition) is 1. The maximum Gasteiger partial charge on any atom is 0.339 e. The number of carbonyl (C=O) groups is 1. The molecule has 3 aromatic heterocycles. The third-order valence-corrected chi connectivity index (χ3v) is 4.56. The molecule has 0 amide bonds. The van der Waals surface area contributed by atoms with Gasteiger partial charge in [-0.25, -0.2) is 9.78 Å². The maximum absolute atomic E-state index is 12.5.